The molecule has 3 rings (SSSR count). The predicted molar refractivity (Wildman–Crippen MR) is 134 cm³/mol. The van der Waals surface area contributed by atoms with Crippen LogP contribution in [0.5, 0.6) is 0 Å². The van der Waals surface area contributed by atoms with E-state index in [-0.39, 0.29) is 0 Å². The van der Waals surface area contributed by atoms with Crippen LogP contribution in [0.15, 0.2) is 60.8 Å². The van der Waals surface area contributed by atoms with E-state index in [9.17, 15) is 9.90 Å². The van der Waals surface area contributed by atoms with Crippen molar-refractivity contribution in [2.75, 3.05) is 0 Å². The number of carboxylic acids is 1. The molecule has 0 saturated carbocycles. The molecule has 1 atom stereocenters. The number of imidazole rings is 1. The number of benzene rings is 2. The van der Waals surface area contributed by atoms with Gasteiger partial charge in [-0.2, -0.15) is 0 Å². The topological polar surface area (TPSA) is 67.2 Å². The molecule has 2 N–H and O–H groups in total. The van der Waals surface area contributed by atoms with Crippen LogP contribution in [0.4, 0.5) is 0 Å². The second kappa shape index (κ2) is 12.0. The number of rotatable bonds is 13. The number of hydrogen-bond donors (Lipinski definition) is 2. The molecule has 0 bridgehead atoms. The van der Waals surface area contributed by atoms with Gasteiger partial charge in [-0.3, -0.25) is 10.1 Å². The van der Waals surface area contributed by atoms with Crippen LogP contribution >= 0.6 is 11.6 Å². The molecule has 0 aliphatic carbocycles. The summed E-state index contributed by atoms with van der Waals surface area (Å²) in [5, 5.41) is 14.4. The molecule has 0 amide bonds. The molecule has 176 valence electrons. The Morgan fingerprint density at radius 3 is 2.48 bits per heavy atom. The van der Waals surface area contributed by atoms with Crippen LogP contribution in [-0.4, -0.2) is 26.2 Å². The number of carbonyl (C=O) groups is 1. The Morgan fingerprint density at radius 1 is 1.09 bits per heavy atom. The summed E-state index contributed by atoms with van der Waals surface area (Å²) in [7, 11) is 0. The maximum atomic E-state index is 12.5. The SMILES string of the molecule is CCCCc1ncc(CNC(CCC)(Cc2ccccc2)C(=O)O)n1Cc1ccccc1Cl. The van der Waals surface area contributed by atoms with Gasteiger partial charge in [-0.15, -0.1) is 0 Å². The lowest BCUT2D eigenvalue weighted by Crippen LogP contribution is -2.53. The van der Waals surface area contributed by atoms with Crippen LogP contribution in [-0.2, 0) is 30.7 Å². The van der Waals surface area contributed by atoms with E-state index in [0.29, 0.717) is 25.9 Å². The van der Waals surface area contributed by atoms with Gasteiger partial charge in [0.1, 0.15) is 11.4 Å². The number of aliphatic carboxylic acids is 1. The normalized spacial score (nSPS) is 13.1. The lowest BCUT2D eigenvalue weighted by molar-refractivity contribution is -0.145. The highest BCUT2D eigenvalue weighted by molar-refractivity contribution is 6.31. The monoisotopic (exact) mass is 467 g/mol. The van der Waals surface area contributed by atoms with Crippen molar-refractivity contribution in [2.45, 2.75) is 71.0 Å². The number of unbranched alkanes of at least 4 members (excludes halogenated alkanes) is 1. The van der Waals surface area contributed by atoms with Crippen LogP contribution in [0.1, 0.15) is 62.2 Å². The van der Waals surface area contributed by atoms with E-state index in [1.54, 1.807) is 0 Å². The second-order valence-electron chi connectivity index (χ2n) is 8.60. The summed E-state index contributed by atoms with van der Waals surface area (Å²) in [5.41, 5.74) is 1.96. The molecule has 2 aromatic carbocycles. The van der Waals surface area contributed by atoms with Gasteiger partial charge >= 0.3 is 5.97 Å². The Bertz CT molecular complexity index is 1030. The number of aryl methyl sites for hydroxylation is 1. The van der Waals surface area contributed by atoms with Crippen LogP contribution in [0.3, 0.4) is 0 Å². The predicted octanol–water partition coefficient (Wildman–Crippen LogP) is 5.88. The Kier molecular flexibility index (Phi) is 9.10. The number of hydrogen-bond acceptors (Lipinski definition) is 3. The molecule has 3 aromatic rings. The number of nitrogens with one attached hydrogen (secondary N) is 1. The average Bonchev–Trinajstić information content (AvgIpc) is 3.19. The Labute approximate surface area is 201 Å². The quantitative estimate of drug-likeness (QED) is 0.329. The van der Waals surface area contributed by atoms with Gasteiger partial charge in [0.05, 0.1) is 12.2 Å². The summed E-state index contributed by atoms with van der Waals surface area (Å²) < 4.78 is 2.19. The molecule has 0 aliphatic heterocycles. The lowest BCUT2D eigenvalue weighted by atomic mass is 9.86. The molecular weight excluding hydrogens is 434 g/mol. The minimum atomic E-state index is -1.04. The third-order valence-corrected chi connectivity index (χ3v) is 6.47. The summed E-state index contributed by atoms with van der Waals surface area (Å²) in [4.78, 5) is 17.2. The van der Waals surface area contributed by atoms with Gasteiger partial charge in [0, 0.05) is 30.6 Å². The Morgan fingerprint density at radius 2 is 1.82 bits per heavy atom. The molecule has 6 heteroatoms. The van der Waals surface area contributed by atoms with Crippen LogP contribution in [0.2, 0.25) is 5.02 Å². The van der Waals surface area contributed by atoms with Crippen molar-refractivity contribution in [3.63, 3.8) is 0 Å². The van der Waals surface area contributed by atoms with E-state index in [1.807, 2.05) is 67.7 Å². The summed E-state index contributed by atoms with van der Waals surface area (Å²) in [5.74, 6) is 0.185. The van der Waals surface area contributed by atoms with Crippen molar-refractivity contribution in [1.82, 2.24) is 14.9 Å². The smallest absolute Gasteiger partial charge is 0.324 e. The molecule has 0 radical (unpaired) electrons. The lowest BCUT2D eigenvalue weighted by Gasteiger charge is -2.31. The zero-order valence-corrected chi connectivity index (χ0v) is 20.3. The van der Waals surface area contributed by atoms with E-state index < -0.39 is 11.5 Å². The van der Waals surface area contributed by atoms with Crippen molar-refractivity contribution in [2.24, 2.45) is 0 Å². The van der Waals surface area contributed by atoms with Gasteiger partial charge in [0.25, 0.3) is 0 Å². The third kappa shape index (κ3) is 6.46. The minimum absolute atomic E-state index is 0.419. The molecule has 0 saturated heterocycles. The molecule has 1 heterocycles. The molecular formula is C27H34ClN3O2. The van der Waals surface area contributed by atoms with Crippen molar-refractivity contribution in [3.05, 3.63) is 88.5 Å². The van der Waals surface area contributed by atoms with E-state index in [4.69, 9.17) is 11.6 Å². The largest absolute Gasteiger partial charge is 0.480 e. The summed E-state index contributed by atoms with van der Waals surface area (Å²) in [6, 6.07) is 17.7. The molecule has 0 aliphatic rings. The molecule has 1 unspecified atom stereocenters. The van der Waals surface area contributed by atoms with E-state index in [1.165, 1.54) is 0 Å². The Balaban J connectivity index is 1.88. The molecule has 0 spiro atoms. The summed E-state index contributed by atoms with van der Waals surface area (Å²) in [6.07, 6.45) is 6.63. The van der Waals surface area contributed by atoms with Crippen molar-refractivity contribution in [1.29, 1.82) is 0 Å². The first-order chi connectivity index (χ1) is 16.0. The fraction of sp³-hybridized carbons (Fsp3) is 0.407. The molecule has 5 nitrogen and oxygen atoms in total. The van der Waals surface area contributed by atoms with E-state index in [2.05, 4.69) is 21.8 Å². The number of nitrogens with zero attached hydrogens (tertiary/aromatic N) is 2. The number of halogens is 1. The summed E-state index contributed by atoms with van der Waals surface area (Å²) >= 11 is 6.45. The van der Waals surface area contributed by atoms with Crippen LogP contribution in [0.25, 0.3) is 0 Å². The van der Waals surface area contributed by atoms with E-state index in [0.717, 1.165) is 53.4 Å². The maximum absolute atomic E-state index is 12.5. The highest BCUT2D eigenvalue weighted by atomic mass is 35.5. The minimum Gasteiger partial charge on any atom is -0.480 e. The van der Waals surface area contributed by atoms with Crippen LogP contribution < -0.4 is 5.32 Å². The third-order valence-electron chi connectivity index (χ3n) is 6.10. The first-order valence-electron chi connectivity index (χ1n) is 11.8. The first-order valence-corrected chi connectivity index (χ1v) is 12.2. The first kappa shape index (κ1) is 25.0. The van der Waals surface area contributed by atoms with Gasteiger partial charge in [-0.1, -0.05) is 86.8 Å². The maximum Gasteiger partial charge on any atom is 0.324 e. The van der Waals surface area contributed by atoms with Gasteiger partial charge in [-0.25, -0.2) is 4.98 Å². The summed E-state index contributed by atoms with van der Waals surface area (Å²) in [6.45, 7) is 5.22. The fourth-order valence-corrected chi connectivity index (χ4v) is 4.44. The molecule has 33 heavy (non-hydrogen) atoms. The highest BCUT2D eigenvalue weighted by Crippen LogP contribution is 2.23. The second-order valence-corrected chi connectivity index (χ2v) is 9.01. The molecule has 0 fully saturated rings. The zero-order valence-electron chi connectivity index (χ0n) is 19.6. The molecule has 1 aromatic heterocycles. The standard InChI is InChI=1S/C27H34ClN3O2/c1-3-5-15-25-29-18-23(31(25)20-22-13-9-10-14-24(22)28)19-30-27(16-4-2,26(32)33)17-21-11-7-6-8-12-21/h6-14,18,30H,3-5,15-17,19-20H2,1-2H3,(H,32,33). The van der Waals surface area contributed by atoms with Crippen LogP contribution in [0, 0.1) is 0 Å². The average molecular weight is 468 g/mol. The fourth-order valence-electron chi connectivity index (χ4n) is 4.25. The van der Waals surface area contributed by atoms with Gasteiger partial charge in [0.15, 0.2) is 0 Å². The van der Waals surface area contributed by atoms with Crippen molar-refractivity contribution < 1.29 is 9.90 Å². The van der Waals surface area contributed by atoms with Gasteiger partial charge < -0.3 is 9.67 Å². The van der Waals surface area contributed by atoms with Crippen molar-refractivity contribution in [3.8, 4) is 0 Å². The number of aromatic nitrogens is 2. The zero-order chi connectivity index (χ0) is 23.7. The van der Waals surface area contributed by atoms with Gasteiger partial charge in [-0.05, 0) is 30.0 Å². The highest BCUT2D eigenvalue weighted by Gasteiger charge is 2.37. The van der Waals surface area contributed by atoms with Gasteiger partial charge in [0.2, 0.25) is 0 Å². The Hall–Kier alpha value is -2.63. The number of carboxylic acid groups (broad SMARTS) is 1. The van der Waals surface area contributed by atoms with E-state index >= 15 is 0 Å². The van der Waals surface area contributed by atoms with Crippen molar-refractivity contribution >= 4 is 17.6 Å².